The van der Waals surface area contributed by atoms with Crippen molar-refractivity contribution in [3.63, 3.8) is 0 Å². The van der Waals surface area contributed by atoms with Gasteiger partial charge in [0.15, 0.2) is 0 Å². The molecule has 1 saturated carbocycles. The number of halogens is 1. The highest BCUT2D eigenvalue weighted by atomic mass is 35.5. The number of nitrogens with zero attached hydrogens (tertiary/aromatic N) is 1. The topological polar surface area (TPSA) is 23.5 Å². The van der Waals surface area contributed by atoms with Gasteiger partial charge >= 0.3 is 0 Å². The van der Waals surface area contributed by atoms with E-state index in [9.17, 15) is 5.11 Å². The molecule has 2 aliphatic rings. The van der Waals surface area contributed by atoms with Crippen LogP contribution < -0.4 is 0 Å². The lowest BCUT2D eigenvalue weighted by molar-refractivity contribution is 0.239. The number of fused-ring (bicyclic) bond motifs is 3. The minimum Gasteiger partial charge on any atom is -0.506 e. The van der Waals surface area contributed by atoms with Crippen molar-refractivity contribution in [1.82, 2.24) is 4.90 Å². The minimum atomic E-state index is 0.237. The van der Waals surface area contributed by atoms with Crippen molar-refractivity contribution in [2.75, 3.05) is 13.6 Å². The lowest BCUT2D eigenvalue weighted by atomic mass is 9.90. The van der Waals surface area contributed by atoms with Crippen LogP contribution >= 0.6 is 11.6 Å². The number of aromatic hydroxyl groups is 1. The molecule has 1 fully saturated rings. The molecule has 3 heteroatoms. The number of phenolic OH excluding ortho intramolecular Hbond substituents is 1. The number of benzene rings is 1. The maximum Gasteiger partial charge on any atom is 0.134 e. The molecule has 0 amide bonds. The molecule has 2 nitrogen and oxygen atoms in total. The van der Waals surface area contributed by atoms with Gasteiger partial charge in [-0.3, -0.25) is 0 Å². The predicted octanol–water partition coefficient (Wildman–Crippen LogP) is 3.17. The summed E-state index contributed by atoms with van der Waals surface area (Å²) >= 11 is 6.01. The summed E-state index contributed by atoms with van der Waals surface area (Å²) in [5.41, 5.74) is 2.66. The fraction of sp³-hybridized carbons (Fsp3) is 0.571. The largest absolute Gasteiger partial charge is 0.506 e. The van der Waals surface area contributed by atoms with Crippen molar-refractivity contribution in [1.29, 1.82) is 0 Å². The molecule has 0 saturated heterocycles. The fourth-order valence-corrected chi connectivity index (χ4v) is 3.66. The van der Waals surface area contributed by atoms with Gasteiger partial charge in [-0.25, -0.2) is 0 Å². The first-order chi connectivity index (χ1) is 8.16. The number of rotatable bonds is 0. The van der Waals surface area contributed by atoms with Gasteiger partial charge in [0, 0.05) is 12.6 Å². The van der Waals surface area contributed by atoms with Crippen molar-refractivity contribution in [2.24, 2.45) is 0 Å². The van der Waals surface area contributed by atoms with Gasteiger partial charge in [-0.15, -0.1) is 0 Å². The van der Waals surface area contributed by atoms with Crippen LogP contribution in [0.4, 0.5) is 0 Å². The molecule has 2 atom stereocenters. The third kappa shape index (κ3) is 1.84. The van der Waals surface area contributed by atoms with E-state index in [1.165, 1.54) is 30.4 Å². The SMILES string of the molecule is CN1CCc2cc(Cl)c(O)cc2[C@H]2CCCC21. The fourth-order valence-electron chi connectivity index (χ4n) is 3.47. The molecule has 1 aromatic carbocycles. The van der Waals surface area contributed by atoms with Crippen LogP contribution in [0.15, 0.2) is 12.1 Å². The predicted molar refractivity (Wildman–Crippen MR) is 69.8 cm³/mol. The number of hydrogen-bond acceptors (Lipinski definition) is 2. The van der Waals surface area contributed by atoms with Gasteiger partial charge in [0.25, 0.3) is 0 Å². The Labute approximate surface area is 107 Å². The molecule has 0 radical (unpaired) electrons. The summed E-state index contributed by atoms with van der Waals surface area (Å²) in [6, 6.07) is 4.51. The normalized spacial score (nSPS) is 28.6. The second-order valence-corrected chi connectivity index (χ2v) is 5.74. The number of phenols is 1. The molecule has 1 aromatic rings. The van der Waals surface area contributed by atoms with E-state index < -0.39 is 0 Å². The van der Waals surface area contributed by atoms with Crippen molar-refractivity contribution in [3.8, 4) is 5.75 Å². The first kappa shape index (κ1) is 11.4. The highest BCUT2D eigenvalue weighted by Gasteiger charge is 2.35. The van der Waals surface area contributed by atoms with Crippen LogP contribution in [0.5, 0.6) is 5.75 Å². The molecule has 17 heavy (non-hydrogen) atoms. The van der Waals surface area contributed by atoms with E-state index in [0.717, 1.165) is 13.0 Å². The average molecular weight is 252 g/mol. The Morgan fingerprint density at radius 1 is 1.35 bits per heavy atom. The molecule has 92 valence electrons. The van der Waals surface area contributed by atoms with E-state index in [1.54, 1.807) is 0 Å². The number of hydrogen-bond donors (Lipinski definition) is 1. The van der Waals surface area contributed by atoms with Crippen LogP contribution in [0, 0.1) is 0 Å². The first-order valence-corrected chi connectivity index (χ1v) is 6.76. The van der Waals surface area contributed by atoms with Crippen molar-refractivity contribution < 1.29 is 5.11 Å². The molecule has 1 heterocycles. The van der Waals surface area contributed by atoms with Crippen LogP contribution in [-0.4, -0.2) is 29.6 Å². The van der Waals surface area contributed by atoms with Crippen LogP contribution in [0.3, 0.4) is 0 Å². The zero-order valence-electron chi connectivity index (χ0n) is 10.1. The lowest BCUT2D eigenvalue weighted by Crippen LogP contribution is -2.32. The van der Waals surface area contributed by atoms with Gasteiger partial charge in [0.1, 0.15) is 5.75 Å². The van der Waals surface area contributed by atoms with E-state index in [4.69, 9.17) is 11.6 Å². The molecule has 1 unspecified atom stereocenters. The van der Waals surface area contributed by atoms with E-state index in [0.29, 0.717) is 17.0 Å². The summed E-state index contributed by atoms with van der Waals surface area (Å²) in [5, 5.41) is 10.3. The third-order valence-corrected chi connectivity index (χ3v) is 4.69. The minimum absolute atomic E-state index is 0.237. The van der Waals surface area contributed by atoms with E-state index in [2.05, 4.69) is 11.9 Å². The molecule has 0 aromatic heterocycles. The van der Waals surface area contributed by atoms with E-state index >= 15 is 0 Å². The van der Waals surface area contributed by atoms with Crippen LogP contribution in [0.2, 0.25) is 5.02 Å². The number of likely N-dealkylation sites (N-methyl/N-ethyl adjacent to an activating group) is 1. The maximum atomic E-state index is 9.81. The standard InChI is InChI=1S/C14H18ClNO/c1-16-6-5-9-7-12(15)14(17)8-11(9)10-3-2-4-13(10)16/h7-8,10,13,17H,2-6H2,1H3/t10-,13?/m1/s1. The molecule has 3 rings (SSSR count). The van der Waals surface area contributed by atoms with Gasteiger partial charge in [0.05, 0.1) is 5.02 Å². The van der Waals surface area contributed by atoms with E-state index in [1.807, 2.05) is 12.1 Å². The van der Waals surface area contributed by atoms with Crippen molar-refractivity contribution >= 4 is 11.6 Å². The Hall–Kier alpha value is -0.730. The summed E-state index contributed by atoms with van der Waals surface area (Å²) < 4.78 is 0. The second kappa shape index (κ2) is 4.18. The van der Waals surface area contributed by atoms with E-state index in [-0.39, 0.29) is 5.75 Å². The first-order valence-electron chi connectivity index (χ1n) is 6.38. The monoisotopic (exact) mass is 251 g/mol. The quantitative estimate of drug-likeness (QED) is 0.766. The van der Waals surface area contributed by atoms with Crippen molar-refractivity contribution in [3.05, 3.63) is 28.3 Å². The van der Waals surface area contributed by atoms with Gasteiger partial charge < -0.3 is 10.0 Å². The Kier molecular flexibility index (Phi) is 2.80. The molecule has 0 spiro atoms. The summed E-state index contributed by atoms with van der Waals surface area (Å²) in [5.74, 6) is 0.821. The summed E-state index contributed by atoms with van der Waals surface area (Å²) in [7, 11) is 2.22. The lowest BCUT2D eigenvalue weighted by Gasteiger charge is -2.27. The molecule has 1 aliphatic carbocycles. The molecular formula is C14H18ClNO. The Balaban J connectivity index is 2.09. The maximum absolute atomic E-state index is 9.81. The van der Waals surface area contributed by atoms with Crippen LogP contribution in [-0.2, 0) is 6.42 Å². The molecular weight excluding hydrogens is 234 g/mol. The van der Waals surface area contributed by atoms with Gasteiger partial charge in [-0.05, 0) is 55.5 Å². The molecule has 0 bridgehead atoms. The smallest absolute Gasteiger partial charge is 0.134 e. The summed E-state index contributed by atoms with van der Waals surface area (Å²) in [4.78, 5) is 2.47. The highest BCUT2D eigenvalue weighted by molar-refractivity contribution is 6.32. The van der Waals surface area contributed by atoms with Crippen molar-refractivity contribution in [2.45, 2.75) is 37.6 Å². The van der Waals surface area contributed by atoms with Gasteiger partial charge in [-0.2, -0.15) is 0 Å². The second-order valence-electron chi connectivity index (χ2n) is 5.34. The van der Waals surface area contributed by atoms with Crippen LogP contribution in [0.1, 0.15) is 36.3 Å². The summed E-state index contributed by atoms with van der Waals surface area (Å²) in [6.07, 6.45) is 4.86. The Bertz CT molecular complexity index is 446. The zero-order chi connectivity index (χ0) is 12.0. The molecule has 1 aliphatic heterocycles. The third-order valence-electron chi connectivity index (χ3n) is 4.39. The highest BCUT2D eigenvalue weighted by Crippen LogP contribution is 2.43. The Morgan fingerprint density at radius 2 is 2.18 bits per heavy atom. The average Bonchev–Trinajstić information content (AvgIpc) is 2.74. The molecule has 1 N–H and O–H groups in total. The van der Waals surface area contributed by atoms with Gasteiger partial charge in [0.2, 0.25) is 0 Å². The summed E-state index contributed by atoms with van der Waals surface area (Å²) in [6.45, 7) is 1.09. The van der Waals surface area contributed by atoms with Crippen LogP contribution in [0.25, 0.3) is 0 Å². The zero-order valence-corrected chi connectivity index (χ0v) is 10.9. The Morgan fingerprint density at radius 3 is 3.00 bits per heavy atom. The van der Waals surface area contributed by atoms with Gasteiger partial charge in [-0.1, -0.05) is 18.0 Å².